The Morgan fingerprint density at radius 3 is 2.38 bits per heavy atom. The van der Waals surface area contributed by atoms with E-state index < -0.39 is 0 Å². The van der Waals surface area contributed by atoms with Gasteiger partial charge in [0.1, 0.15) is 16.9 Å². The van der Waals surface area contributed by atoms with Crippen LogP contribution in [0, 0.1) is 0 Å². The fourth-order valence-corrected chi connectivity index (χ4v) is 1.35. The van der Waals surface area contributed by atoms with Crippen LogP contribution in [-0.2, 0) is 0 Å². The van der Waals surface area contributed by atoms with Crippen LogP contribution in [0.4, 0.5) is 0 Å². The standard InChI is InChI=1S/C12H10O4/c1-7-4-11(15)12(16-7)5-8-2-3-9(13)6-10(8)14/h2-6,13-15H,1H2. The molecule has 0 amide bonds. The highest BCUT2D eigenvalue weighted by molar-refractivity contribution is 5.58. The average Bonchev–Trinajstić information content (AvgIpc) is 2.50. The van der Waals surface area contributed by atoms with Crippen LogP contribution in [0.3, 0.4) is 0 Å². The zero-order valence-electron chi connectivity index (χ0n) is 8.34. The van der Waals surface area contributed by atoms with Crippen molar-refractivity contribution in [3.63, 3.8) is 0 Å². The summed E-state index contributed by atoms with van der Waals surface area (Å²) in [6, 6.07) is 5.52. The fraction of sp³-hybridized carbons (Fsp3) is 0. The number of furan rings is 1. The summed E-state index contributed by atoms with van der Waals surface area (Å²) in [7, 11) is 0. The SMILES string of the molecule is C=c1cc(O)c(=Cc2ccc(O)cc2O)o1. The summed E-state index contributed by atoms with van der Waals surface area (Å²) in [6.07, 6.45) is 1.46. The quantitative estimate of drug-likeness (QED) is 0.656. The van der Waals surface area contributed by atoms with Gasteiger partial charge in [-0.15, -0.1) is 0 Å². The molecule has 1 aromatic heterocycles. The summed E-state index contributed by atoms with van der Waals surface area (Å²) < 4.78 is 5.11. The largest absolute Gasteiger partial charge is 0.508 e. The van der Waals surface area contributed by atoms with Crippen LogP contribution in [0.1, 0.15) is 5.56 Å². The number of aromatic hydroxyl groups is 3. The summed E-state index contributed by atoms with van der Waals surface area (Å²) in [5, 5.41) is 28.1. The van der Waals surface area contributed by atoms with Crippen LogP contribution in [0.15, 0.2) is 28.7 Å². The first-order chi connectivity index (χ1) is 7.56. The molecule has 0 unspecified atom stereocenters. The van der Waals surface area contributed by atoms with Gasteiger partial charge >= 0.3 is 0 Å². The van der Waals surface area contributed by atoms with Crippen molar-refractivity contribution in [2.75, 3.05) is 0 Å². The minimum Gasteiger partial charge on any atom is -0.508 e. The Morgan fingerprint density at radius 2 is 1.81 bits per heavy atom. The molecule has 0 aliphatic carbocycles. The molecule has 2 aromatic rings. The van der Waals surface area contributed by atoms with Crippen molar-refractivity contribution in [3.05, 3.63) is 40.7 Å². The smallest absolute Gasteiger partial charge is 0.169 e. The Labute approximate surface area is 91.0 Å². The topological polar surface area (TPSA) is 73.8 Å². The molecule has 0 aliphatic heterocycles. The maximum absolute atomic E-state index is 9.52. The minimum atomic E-state index is -0.0959. The first-order valence-electron chi connectivity index (χ1n) is 4.58. The Balaban J connectivity index is 2.59. The lowest BCUT2D eigenvalue weighted by Gasteiger charge is -1.98. The molecule has 3 N–H and O–H groups in total. The maximum atomic E-state index is 9.52. The van der Waals surface area contributed by atoms with E-state index in [2.05, 4.69) is 6.58 Å². The van der Waals surface area contributed by atoms with Crippen molar-refractivity contribution >= 4 is 12.7 Å². The van der Waals surface area contributed by atoms with Crippen LogP contribution in [0.5, 0.6) is 17.2 Å². The van der Waals surface area contributed by atoms with Gasteiger partial charge in [-0.05, 0) is 18.2 Å². The molecule has 0 bridgehead atoms. The highest BCUT2D eigenvalue weighted by atomic mass is 16.4. The third-order valence-electron chi connectivity index (χ3n) is 2.09. The molecular formula is C12H10O4. The second-order valence-electron chi connectivity index (χ2n) is 3.35. The number of rotatable bonds is 1. The second kappa shape index (κ2) is 3.66. The van der Waals surface area contributed by atoms with E-state index in [1.807, 2.05) is 0 Å². The summed E-state index contributed by atoms with van der Waals surface area (Å²) in [6.45, 7) is 3.53. The van der Waals surface area contributed by atoms with Gasteiger partial charge in [0.25, 0.3) is 0 Å². The van der Waals surface area contributed by atoms with Gasteiger partial charge in [-0.25, -0.2) is 0 Å². The van der Waals surface area contributed by atoms with Gasteiger partial charge in [0.05, 0.1) is 0 Å². The van der Waals surface area contributed by atoms with Gasteiger partial charge < -0.3 is 19.7 Å². The molecule has 16 heavy (non-hydrogen) atoms. The molecule has 0 saturated carbocycles. The minimum absolute atomic E-state index is 0.0313. The Hall–Kier alpha value is -2.36. The van der Waals surface area contributed by atoms with E-state index in [9.17, 15) is 10.2 Å². The fourth-order valence-electron chi connectivity index (χ4n) is 1.35. The molecule has 0 fully saturated rings. The van der Waals surface area contributed by atoms with Gasteiger partial charge in [-0.2, -0.15) is 0 Å². The lowest BCUT2D eigenvalue weighted by atomic mass is 10.2. The van der Waals surface area contributed by atoms with Crippen molar-refractivity contribution in [2.45, 2.75) is 0 Å². The molecule has 0 radical (unpaired) electrons. The summed E-state index contributed by atoms with van der Waals surface area (Å²) in [4.78, 5) is 0. The third kappa shape index (κ3) is 1.86. The molecule has 1 heterocycles. The Kier molecular flexibility index (Phi) is 2.32. The van der Waals surface area contributed by atoms with Crippen molar-refractivity contribution < 1.29 is 19.7 Å². The van der Waals surface area contributed by atoms with E-state index >= 15 is 0 Å². The normalized spacial score (nSPS) is 11.9. The third-order valence-corrected chi connectivity index (χ3v) is 2.09. The van der Waals surface area contributed by atoms with E-state index in [1.165, 1.54) is 30.3 Å². The molecule has 82 valence electrons. The molecule has 0 saturated heterocycles. The van der Waals surface area contributed by atoms with Gasteiger partial charge in [-0.1, -0.05) is 6.58 Å². The molecule has 4 nitrogen and oxygen atoms in total. The van der Waals surface area contributed by atoms with Crippen LogP contribution in [0.25, 0.3) is 12.7 Å². The number of phenols is 2. The number of benzene rings is 1. The van der Waals surface area contributed by atoms with E-state index in [0.29, 0.717) is 11.0 Å². The molecular weight excluding hydrogens is 208 g/mol. The van der Waals surface area contributed by atoms with Crippen LogP contribution >= 0.6 is 0 Å². The zero-order valence-corrected chi connectivity index (χ0v) is 8.34. The molecule has 1 aromatic carbocycles. The Bertz CT molecular complexity index is 625. The molecule has 2 rings (SSSR count). The maximum Gasteiger partial charge on any atom is 0.169 e. The van der Waals surface area contributed by atoms with E-state index in [4.69, 9.17) is 9.52 Å². The van der Waals surface area contributed by atoms with Crippen molar-refractivity contribution in [1.82, 2.24) is 0 Å². The number of hydrogen-bond donors (Lipinski definition) is 3. The highest BCUT2D eigenvalue weighted by Gasteiger charge is 2.02. The molecule has 0 spiro atoms. The molecule has 4 heteroatoms. The number of hydrogen-bond acceptors (Lipinski definition) is 4. The van der Waals surface area contributed by atoms with Gasteiger partial charge in [-0.3, -0.25) is 0 Å². The number of phenolic OH excluding ortho intramolecular Hbond substituents is 2. The van der Waals surface area contributed by atoms with Crippen LogP contribution in [-0.4, -0.2) is 15.3 Å². The van der Waals surface area contributed by atoms with Crippen molar-refractivity contribution in [2.24, 2.45) is 0 Å². The lowest BCUT2D eigenvalue weighted by molar-refractivity contribution is 0.435. The Morgan fingerprint density at radius 1 is 1.06 bits per heavy atom. The summed E-state index contributed by atoms with van der Waals surface area (Å²) >= 11 is 0. The monoisotopic (exact) mass is 218 g/mol. The summed E-state index contributed by atoms with van der Waals surface area (Å²) in [5.41, 5.74) is 0.982. The second-order valence-corrected chi connectivity index (χ2v) is 3.35. The van der Waals surface area contributed by atoms with Crippen LogP contribution in [0.2, 0.25) is 0 Å². The van der Waals surface area contributed by atoms with E-state index in [1.54, 1.807) is 0 Å². The van der Waals surface area contributed by atoms with Crippen LogP contribution < -0.4 is 10.8 Å². The highest BCUT2D eigenvalue weighted by Crippen LogP contribution is 2.23. The van der Waals surface area contributed by atoms with Gasteiger partial charge in [0.2, 0.25) is 0 Å². The molecule has 0 atom stereocenters. The average molecular weight is 218 g/mol. The first kappa shape index (κ1) is 10.2. The van der Waals surface area contributed by atoms with Gasteiger partial charge in [0, 0.05) is 17.7 Å². The zero-order chi connectivity index (χ0) is 11.7. The van der Waals surface area contributed by atoms with Crippen molar-refractivity contribution in [1.29, 1.82) is 0 Å². The predicted octanol–water partition coefficient (Wildman–Crippen LogP) is 0.635. The van der Waals surface area contributed by atoms with Crippen molar-refractivity contribution in [3.8, 4) is 17.2 Å². The summed E-state index contributed by atoms with van der Waals surface area (Å²) in [5.74, 6) is -0.171. The molecule has 0 aliphatic rings. The lowest BCUT2D eigenvalue weighted by Crippen LogP contribution is -1.98. The van der Waals surface area contributed by atoms with E-state index in [0.717, 1.165) is 0 Å². The van der Waals surface area contributed by atoms with Gasteiger partial charge in [0.15, 0.2) is 11.2 Å². The van der Waals surface area contributed by atoms with E-state index in [-0.39, 0.29) is 22.7 Å². The first-order valence-corrected chi connectivity index (χ1v) is 4.58. The predicted molar refractivity (Wildman–Crippen MR) is 58.5 cm³/mol.